The van der Waals surface area contributed by atoms with Crippen molar-refractivity contribution >= 4 is 34.4 Å². The normalized spacial score (nSPS) is 13.2. The van der Waals surface area contributed by atoms with E-state index >= 15 is 4.39 Å². The van der Waals surface area contributed by atoms with E-state index in [0.29, 0.717) is 48.6 Å². The quantitative estimate of drug-likeness (QED) is 0.188. The van der Waals surface area contributed by atoms with E-state index in [2.05, 4.69) is 15.3 Å². The van der Waals surface area contributed by atoms with Crippen molar-refractivity contribution in [2.45, 2.75) is 67.4 Å². The number of carbonyl (C=O) groups excluding carboxylic acids is 3. The van der Waals surface area contributed by atoms with Gasteiger partial charge in [-0.1, -0.05) is 19.9 Å². The predicted molar refractivity (Wildman–Crippen MR) is 199 cm³/mol. The van der Waals surface area contributed by atoms with E-state index in [-0.39, 0.29) is 23.2 Å². The van der Waals surface area contributed by atoms with Crippen molar-refractivity contribution < 1.29 is 41.8 Å². The maximum absolute atomic E-state index is 15.4. The molecule has 0 bridgehead atoms. The van der Waals surface area contributed by atoms with Crippen LogP contribution in [0, 0.1) is 18.2 Å². The third-order valence-electron chi connectivity index (χ3n) is 8.02. The number of aryl methyl sites for hydroxylation is 2. The lowest BCUT2D eigenvalue weighted by atomic mass is 9.98. The van der Waals surface area contributed by atoms with E-state index in [0.717, 1.165) is 11.5 Å². The highest BCUT2D eigenvalue weighted by Gasteiger charge is 2.28. The molecule has 5 rings (SSSR count). The number of rotatable bonds is 9. The SMILES string of the molecule is CC.CC(F)F.Cc1cc(N2CCOCC2)cc(F)c1C(=O)N[C@@H](Cc1ccc(-n2c(=O)c3ccncc3n(C)c2=O)nc1)C(=O)OCOC(=O)C(C)(C)C. The molecule has 3 aromatic heterocycles. The Morgan fingerprint density at radius 3 is 2.25 bits per heavy atom. The molecule has 1 aliphatic rings. The van der Waals surface area contributed by atoms with E-state index < -0.39 is 59.6 Å². The summed E-state index contributed by atoms with van der Waals surface area (Å²) in [5.41, 5.74) is -0.586. The summed E-state index contributed by atoms with van der Waals surface area (Å²) in [6.45, 7) is 12.8. The number of pyridine rings is 2. The van der Waals surface area contributed by atoms with Crippen molar-refractivity contribution in [2.75, 3.05) is 38.0 Å². The van der Waals surface area contributed by atoms with Crippen LogP contribution in [0.25, 0.3) is 16.7 Å². The summed E-state index contributed by atoms with van der Waals surface area (Å²) in [6, 6.07) is 6.05. The number of ether oxygens (including phenoxy) is 3. The Morgan fingerprint density at radius 2 is 1.67 bits per heavy atom. The molecule has 0 radical (unpaired) electrons. The molecule has 1 amide bonds. The molecular weight excluding hydrogens is 725 g/mol. The van der Waals surface area contributed by atoms with Gasteiger partial charge >= 0.3 is 17.6 Å². The fraction of sp³-hybridized carbons (Fsp3) is 0.447. The molecular formula is C38H47F3N6O8. The molecule has 55 heavy (non-hydrogen) atoms. The summed E-state index contributed by atoms with van der Waals surface area (Å²) < 4.78 is 53.9. The second-order valence-electron chi connectivity index (χ2n) is 13.1. The first-order valence-electron chi connectivity index (χ1n) is 17.6. The largest absolute Gasteiger partial charge is 0.427 e. The molecule has 4 aromatic rings. The summed E-state index contributed by atoms with van der Waals surface area (Å²) in [5.74, 6) is -3.15. The first-order valence-corrected chi connectivity index (χ1v) is 17.6. The monoisotopic (exact) mass is 772 g/mol. The van der Waals surface area contributed by atoms with Crippen LogP contribution in [0.2, 0.25) is 0 Å². The van der Waals surface area contributed by atoms with Crippen LogP contribution in [0.5, 0.6) is 0 Å². The van der Waals surface area contributed by atoms with Crippen molar-refractivity contribution in [1.82, 2.24) is 24.4 Å². The number of esters is 2. The average molecular weight is 773 g/mol. The van der Waals surface area contributed by atoms with Crippen molar-refractivity contribution in [1.29, 1.82) is 0 Å². The number of carbonyl (C=O) groups is 3. The molecule has 0 unspecified atom stereocenters. The summed E-state index contributed by atoms with van der Waals surface area (Å²) >= 11 is 0. The third-order valence-corrected chi connectivity index (χ3v) is 8.02. The minimum absolute atomic E-state index is 0.0309. The van der Waals surface area contributed by atoms with E-state index in [9.17, 15) is 32.8 Å². The number of benzene rings is 1. The standard InChI is InChI=1S/C34H37FN6O8.C2H4F2.C2H6/c1-20-14-22(40-10-12-47-13-11-40)16-24(35)28(20)29(42)38-25(31(44)48-19-49-32(45)34(2,3)4)15-21-6-7-27(37-17-21)41-30(43)23-8-9-36-18-26(23)39(5)33(41)46;1-2(3)4;1-2/h6-9,14,16-18,25H,10-13,15,19H2,1-5H3,(H,38,42);2H,1H3;1-2H3/t25-;;/m0../s1. The van der Waals surface area contributed by atoms with Crippen LogP contribution in [-0.4, -0.2) is 82.5 Å². The van der Waals surface area contributed by atoms with Crippen molar-refractivity contribution in [3.63, 3.8) is 0 Å². The molecule has 1 saturated heterocycles. The van der Waals surface area contributed by atoms with E-state index in [1.54, 1.807) is 33.8 Å². The van der Waals surface area contributed by atoms with E-state index in [4.69, 9.17) is 14.2 Å². The van der Waals surface area contributed by atoms with Crippen molar-refractivity contribution in [2.24, 2.45) is 12.5 Å². The lowest BCUT2D eigenvalue weighted by Gasteiger charge is -2.29. The first-order chi connectivity index (χ1) is 26.0. The van der Waals surface area contributed by atoms with Crippen LogP contribution in [-0.2, 0) is 37.3 Å². The van der Waals surface area contributed by atoms with E-state index in [1.165, 1.54) is 54.5 Å². The number of aromatic nitrogens is 4. The zero-order valence-electron chi connectivity index (χ0n) is 32.2. The number of morpholine rings is 1. The van der Waals surface area contributed by atoms with Gasteiger partial charge in [0, 0.05) is 44.6 Å². The van der Waals surface area contributed by atoms with Gasteiger partial charge in [-0.3, -0.25) is 23.9 Å². The highest BCUT2D eigenvalue weighted by molar-refractivity contribution is 5.98. The van der Waals surface area contributed by atoms with Gasteiger partial charge in [0.15, 0.2) is 0 Å². The second-order valence-corrected chi connectivity index (χ2v) is 13.1. The smallest absolute Gasteiger partial charge is 0.337 e. The van der Waals surface area contributed by atoms with Crippen LogP contribution >= 0.6 is 0 Å². The zero-order valence-corrected chi connectivity index (χ0v) is 32.2. The van der Waals surface area contributed by atoms with Crippen LogP contribution in [0.4, 0.5) is 18.9 Å². The number of amides is 1. The molecule has 0 spiro atoms. The zero-order chi connectivity index (χ0) is 41.0. The highest BCUT2D eigenvalue weighted by Crippen LogP contribution is 2.24. The summed E-state index contributed by atoms with van der Waals surface area (Å²) in [5, 5.41) is 2.82. The molecule has 0 aliphatic carbocycles. The minimum Gasteiger partial charge on any atom is -0.427 e. The molecule has 298 valence electrons. The van der Waals surface area contributed by atoms with Gasteiger partial charge in [-0.25, -0.2) is 32.3 Å². The lowest BCUT2D eigenvalue weighted by Crippen LogP contribution is -2.44. The third kappa shape index (κ3) is 11.5. The number of nitrogens with one attached hydrogen (secondary N) is 1. The average Bonchev–Trinajstić information content (AvgIpc) is 3.14. The number of alkyl halides is 2. The minimum atomic E-state index is -2.17. The van der Waals surface area contributed by atoms with Gasteiger partial charge in [-0.15, -0.1) is 0 Å². The van der Waals surface area contributed by atoms with Gasteiger partial charge in [0.1, 0.15) is 17.7 Å². The number of halogens is 3. The number of hydrogen-bond donors (Lipinski definition) is 1. The summed E-state index contributed by atoms with van der Waals surface area (Å²) in [7, 11) is 1.51. The fourth-order valence-electron chi connectivity index (χ4n) is 5.30. The maximum atomic E-state index is 15.4. The van der Waals surface area contributed by atoms with Crippen LogP contribution < -0.4 is 21.5 Å². The Bertz CT molecular complexity index is 2050. The van der Waals surface area contributed by atoms with Gasteiger partial charge in [0.05, 0.1) is 41.3 Å². The lowest BCUT2D eigenvalue weighted by molar-refractivity contribution is -0.174. The van der Waals surface area contributed by atoms with Gasteiger partial charge in [-0.2, -0.15) is 0 Å². The Balaban J connectivity index is 0.00000127. The Kier molecular flexibility index (Phi) is 15.7. The molecule has 14 nitrogen and oxygen atoms in total. The topological polar surface area (TPSA) is 164 Å². The van der Waals surface area contributed by atoms with Crippen molar-refractivity contribution in [3.8, 4) is 5.82 Å². The van der Waals surface area contributed by atoms with Crippen LogP contribution in [0.15, 0.2) is 58.5 Å². The fourth-order valence-corrected chi connectivity index (χ4v) is 5.30. The number of nitrogens with zero attached hydrogens (tertiary/aromatic N) is 5. The van der Waals surface area contributed by atoms with Gasteiger partial charge in [-0.05, 0) is 70.0 Å². The predicted octanol–water partition coefficient (Wildman–Crippen LogP) is 4.49. The van der Waals surface area contributed by atoms with E-state index in [1.807, 2.05) is 18.7 Å². The first kappa shape index (κ1) is 43.8. The van der Waals surface area contributed by atoms with Crippen LogP contribution in [0.3, 0.4) is 0 Å². The summed E-state index contributed by atoms with van der Waals surface area (Å²) in [4.78, 5) is 75.4. The molecule has 0 saturated carbocycles. The van der Waals surface area contributed by atoms with Gasteiger partial charge < -0.3 is 24.4 Å². The van der Waals surface area contributed by atoms with Gasteiger partial charge in [0.25, 0.3) is 11.5 Å². The van der Waals surface area contributed by atoms with Crippen LogP contribution in [0.1, 0.15) is 63.0 Å². The molecule has 1 atom stereocenters. The Morgan fingerprint density at radius 1 is 1.02 bits per heavy atom. The maximum Gasteiger partial charge on any atom is 0.337 e. The van der Waals surface area contributed by atoms with Crippen molar-refractivity contribution in [3.05, 3.63) is 92.3 Å². The number of anilines is 1. The van der Waals surface area contributed by atoms with Gasteiger partial charge in [0.2, 0.25) is 13.2 Å². The summed E-state index contributed by atoms with van der Waals surface area (Å²) in [6.07, 6.45) is 1.86. The Labute approximate surface area is 316 Å². The number of hydrogen-bond acceptors (Lipinski definition) is 11. The number of fused-ring (bicyclic) bond motifs is 1. The molecule has 1 fully saturated rings. The highest BCUT2D eigenvalue weighted by atomic mass is 19.3. The Hall–Kier alpha value is -5.58. The molecule has 17 heteroatoms. The molecule has 1 aliphatic heterocycles. The molecule has 4 heterocycles. The molecule has 1 aromatic carbocycles. The molecule has 1 N–H and O–H groups in total. The second kappa shape index (κ2) is 19.7.